The molecule has 3 aromatic rings. The van der Waals surface area contributed by atoms with Crippen LogP contribution >= 0.6 is 11.6 Å². The number of aliphatic hydroxyl groups excluding tert-OH is 1. The molecule has 3 heterocycles. The number of halogens is 1. The highest BCUT2D eigenvalue weighted by Gasteiger charge is 2.61. The molecule has 0 aromatic heterocycles. The molecule has 0 saturated heterocycles. The van der Waals surface area contributed by atoms with Gasteiger partial charge in [-0.25, -0.2) is 0 Å². The summed E-state index contributed by atoms with van der Waals surface area (Å²) < 4.78 is 40.0. The quantitative estimate of drug-likeness (QED) is 0.252. The molecule has 1 amide bonds. The first-order valence-corrected chi connectivity index (χ1v) is 17.7. The number of nitrogens with one attached hydrogen (secondary N) is 1. The van der Waals surface area contributed by atoms with E-state index in [2.05, 4.69) is 10.2 Å². The second kappa shape index (κ2) is 14.1. The maximum absolute atomic E-state index is 14.5. The van der Waals surface area contributed by atoms with Gasteiger partial charge in [0.05, 0.1) is 28.4 Å². The van der Waals surface area contributed by atoms with E-state index in [4.69, 9.17) is 44.8 Å². The summed E-state index contributed by atoms with van der Waals surface area (Å²) in [6.07, 6.45) is 0.134. The Kier molecular flexibility index (Phi) is 9.69. The Hall–Kier alpha value is -5.34. The van der Waals surface area contributed by atoms with Crippen molar-refractivity contribution in [2.24, 2.45) is 5.92 Å². The van der Waals surface area contributed by atoms with Gasteiger partial charge in [-0.3, -0.25) is 14.4 Å². The van der Waals surface area contributed by atoms with Crippen molar-refractivity contribution in [2.75, 3.05) is 48.8 Å². The number of amides is 1. The number of carbonyl (C=O) groups is 3. The van der Waals surface area contributed by atoms with E-state index in [1.54, 1.807) is 14.0 Å². The summed E-state index contributed by atoms with van der Waals surface area (Å²) in [5.41, 5.74) is 0.795. The Bertz CT molecular complexity index is 2120. The number of likely N-dealkylation sites (N-methyl/N-ethyl adjacent to an activating group) is 1. The molecule has 3 N–H and O–H groups in total. The molecule has 3 aliphatic heterocycles. The van der Waals surface area contributed by atoms with Gasteiger partial charge in [0.1, 0.15) is 22.1 Å². The van der Waals surface area contributed by atoms with E-state index >= 15 is 0 Å². The smallest absolute Gasteiger partial charge is 0.231 e. The van der Waals surface area contributed by atoms with E-state index < -0.39 is 40.7 Å². The number of hydrogen-bond donors (Lipinski definition) is 3. The van der Waals surface area contributed by atoms with Gasteiger partial charge in [-0.1, -0.05) is 24.6 Å². The van der Waals surface area contributed by atoms with Crippen molar-refractivity contribution in [1.29, 1.82) is 0 Å². The van der Waals surface area contributed by atoms with Crippen molar-refractivity contribution in [2.45, 2.75) is 50.8 Å². The largest absolute Gasteiger partial charge is 0.507 e. The molecule has 54 heavy (non-hydrogen) atoms. The monoisotopic (exact) mass is 764 g/mol. The fourth-order valence-electron chi connectivity index (χ4n) is 8.07. The predicted molar refractivity (Wildman–Crippen MR) is 194 cm³/mol. The van der Waals surface area contributed by atoms with Gasteiger partial charge in [-0.15, -0.1) is 0 Å². The molecule has 1 aliphatic carbocycles. The molecule has 0 bridgehead atoms. The van der Waals surface area contributed by atoms with Crippen LogP contribution in [-0.4, -0.2) is 87.0 Å². The third-order valence-corrected chi connectivity index (χ3v) is 11.1. The number of phenolic OH excluding ortho intramolecular Hbond substituents is 1. The molecular weight excluding hydrogens is 724 g/mol. The van der Waals surface area contributed by atoms with Crippen LogP contribution in [0.3, 0.4) is 0 Å². The molecule has 14 nitrogen and oxygen atoms in total. The van der Waals surface area contributed by atoms with Crippen LogP contribution in [-0.2, 0) is 29.1 Å². The zero-order valence-electron chi connectivity index (χ0n) is 30.7. The molecule has 286 valence electrons. The van der Waals surface area contributed by atoms with E-state index in [1.807, 2.05) is 7.05 Å². The number of Topliss-reactive ketones (excluding diaryl/α,β-unsaturated/α-hetero) is 2. The van der Waals surface area contributed by atoms with Gasteiger partial charge < -0.3 is 53.6 Å². The number of methoxy groups -OCH3 is 4. The molecule has 0 saturated carbocycles. The lowest BCUT2D eigenvalue weighted by atomic mass is 9.69. The summed E-state index contributed by atoms with van der Waals surface area (Å²) in [5, 5.41) is 25.7. The van der Waals surface area contributed by atoms with Crippen LogP contribution in [0, 0.1) is 5.92 Å². The molecule has 3 atom stereocenters. The Morgan fingerprint density at radius 1 is 1.00 bits per heavy atom. The zero-order chi connectivity index (χ0) is 38.6. The average Bonchev–Trinajstić information content (AvgIpc) is 3.76. The molecule has 0 radical (unpaired) electrons. The zero-order valence-corrected chi connectivity index (χ0v) is 31.5. The topological polar surface area (TPSA) is 172 Å². The minimum Gasteiger partial charge on any atom is -0.507 e. The molecule has 15 heteroatoms. The number of aliphatic hydroxyl groups is 1. The second-order valence-electron chi connectivity index (χ2n) is 13.7. The van der Waals surface area contributed by atoms with E-state index in [-0.39, 0.29) is 71.1 Å². The normalized spacial score (nSPS) is 20.7. The molecular formula is C39H41ClN2O12. The van der Waals surface area contributed by atoms with Gasteiger partial charge in [0, 0.05) is 67.1 Å². The Balaban J connectivity index is 1.29. The van der Waals surface area contributed by atoms with Crippen molar-refractivity contribution < 1.29 is 57.8 Å². The van der Waals surface area contributed by atoms with Crippen LogP contribution in [0.5, 0.6) is 46.0 Å². The molecule has 1 unspecified atom stereocenters. The van der Waals surface area contributed by atoms with E-state index in [0.717, 1.165) is 23.2 Å². The van der Waals surface area contributed by atoms with Crippen molar-refractivity contribution in [3.8, 4) is 46.0 Å². The SMILES string of the molecule is COc1cc(C(CC(=O)NCc2c3c(c(OC)c4c2OCO4)CN(C)CC3)C2=C(O)[C@@]3(Oc4c(Cl)c(OC)cc(OC)c4C3=O)[C@H](C)CC2=O)ccc1O. The minimum absolute atomic E-state index is 0.000372. The lowest BCUT2D eigenvalue weighted by Crippen LogP contribution is -2.53. The molecule has 4 aliphatic rings. The van der Waals surface area contributed by atoms with E-state index in [1.165, 1.54) is 45.6 Å². The lowest BCUT2D eigenvalue weighted by Gasteiger charge is -2.38. The fourth-order valence-corrected chi connectivity index (χ4v) is 8.33. The maximum Gasteiger partial charge on any atom is 0.231 e. The van der Waals surface area contributed by atoms with Crippen molar-refractivity contribution in [3.05, 3.63) is 68.4 Å². The number of rotatable bonds is 10. The Labute approximate surface area is 316 Å². The number of ketones is 2. The van der Waals surface area contributed by atoms with Crippen molar-refractivity contribution in [1.82, 2.24) is 10.2 Å². The first-order chi connectivity index (χ1) is 25.9. The third-order valence-electron chi connectivity index (χ3n) is 10.8. The number of allylic oxidation sites excluding steroid dienone is 1. The number of hydrogen-bond acceptors (Lipinski definition) is 13. The van der Waals surface area contributed by atoms with Gasteiger partial charge in [0.2, 0.25) is 29.8 Å². The standard InChI is InChI=1S/C39H41ClN2O12/c1-18-11-25(44)30(37(46)39(18)38(47)31-27(49-4)14-28(50-5)32(40)35(31)54-39)21(19-7-8-24(43)26(12-19)48-3)13-29(45)41-15-22-20-9-10-42(2)16-23(20)33(51-6)36-34(22)52-17-53-36/h7-8,12,14,18,21,43,46H,9-11,13,15-17H2,1-6H3,(H,41,45)/t18-,21?,39+/m1/s1. The summed E-state index contributed by atoms with van der Waals surface area (Å²) in [7, 11) is 7.73. The number of phenols is 1. The fraction of sp³-hybridized carbons (Fsp3) is 0.410. The number of fused-ring (bicyclic) bond motifs is 3. The van der Waals surface area contributed by atoms with E-state index in [9.17, 15) is 24.6 Å². The highest BCUT2D eigenvalue weighted by atomic mass is 35.5. The number of nitrogens with zero attached hydrogens (tertiary/aromatic N) is 1. The van der Waals surface area contributed by atoms with E-state index in [0.29, 0.717) is 35.8 Å². The van der Waals surface area contributed by atoms with Crippen molar-refractivity contribution >= 4 is 29.1 Å². The van der Waals surface area contributed by atoms with Crippen LogP contribution in [0.1, 0.15) is 58.3 Å². The number of ether oxygens (including phenoxy) is 7. The minimum atomic E-state index is -2.07. The van der Waals surface area contributed by atoms with Gasteiger partial charge in [0.25, 0.3) is 0 Å². The van der Waals surface area contributed by atoms with Crippen LogP contribution in [0.2, 0.25) is 5.02 Å². The summed E-state index contributed by atoms with van der Waals surface area (Å²) in [6, 6.07) is 5.83. The maximum atomic E-state index is 14.5. The Morgan fingerprint density at radius 3 is 2.43 bits per heavy atom. The summed E-state index contributed by atoms with van der Waals surface area (Å²) in [5.74, 6) is -2.53. The van der Waals surface area contributed by atoms with Crippen LogP contribution in [0.25, 0.3) is 0 Å². The molecule has 1 spiro atoms. The first-order valence-electron chi connectivity index (χ1n) is 17.4. The summed E-state index contributed by atoms with van der Waals surface area (Å²) in [6.45, 7) is 3.09. The second-order valence-corrected chi connectivity index (χ2v) is 14.1. The molecule has 7 rings (SSSR count). The Morgan fingerprint density at radius 2 is 1.72 bits per heavy atom. The third kappa shape index (κ3) is 5.70. The predicted octanol–water partition coefficient (Wildman–Crippen LogP) is 5.02. The summed E-state index contributed by atoms with van der Waals surface area (Å²) >= 11 is 6.64. The van der Waals surface area contributed by atoms with Gasteiger partial charge in [-0.2, -0.15) is 0 Å². The summed E-state index contributed by atoms with van der Waals surface area (Å²) in [4.78, 5) is 44.8. The number of aromatic hydroxyl groups is 1. The highest BCUT2D eigenvalue weighted by Crippen LogP contribution is 2.56. The van der Waals surface area contributed by atoms with Crippen molar-refractivity contribution in [3.63, 3.8) is 0 Å². The average molecular weight is 765 g/mol. The first kappa shape index (κ1) is 37.0. The number of benzene rings is 3. The van der Waals surface area contributed by atoms with Gasteiger partial charge in [0.15, 0.2) is 40.3 Å². The molecule has 0 fully saturated rings. The highest BCUT2D eigenvalue weighted by molar-refractivity contribution is 6.35. The van der Waals surface area contributed by atoms with Crippen LogP contribution < -0.4 is 38.5 Å². The lowest BCUT2D eigenvalue weighted by molar-refractivity contribution is -0.122. The van der Waals surface area contributed by atoms with Gasteiger partial charge >= 0.3 is 0 Å². The van der Waals surface area contributed by atoms with Crippen LogP contribution in [0.15, 0.2) is 35.6 Å². The van der Waals surface area contributed by atoms with Crippen LogP contribution in [0.4, 0.5) is 0 Å². The van der Waals surface area contributed by atoms with Gasteiger partial charge in [-0.05, 0) is 36.7 Å². The molecule has 3 aromatic carbocycles. The number of carbonyl (C=O) groups excluding carboxylic acids is 3.